The number of benzene rings is 2. The lowest BCUT2D eigenvalue weighted by Crippen LogP contribution is -2.10. The summed E-state index contributed by atoms with van der Waals surface area (Å²) in [6.07, 6.45) is 3.45. The van der Waals surface area contributed by atoms with E-state index in [0.29, 0.717) is 34.5 Å². The van der Waals surface area contributed by atoms with Crippen molar-refractivity contribution in [3.63, 3.8) is 0 Å². The number of hydrogen-bond donors (Lipinski definition) is 1. The summed E-state index contributed by atoms with van der Waals surface area (Å²) in [4.78, 5) is 23.5. The normalized spacial score (nSPS) is 14.5. The van der Waals surface area contributed by atoms with Crippen molar-refractivity contribution in [2.24, 2.45) is 0 Å². The van der Waals surface area contributed by atoms with E-state index >= 15 is 0 Å². The van der Waals surface area contributed by atoms with Crippen LogP contribution in [0.2, 0.25) is 0 Å². The summed E-state index contributed by atoms with van der Waals surface area (Å²) in [5.41, 5.74) is 4.30. The largest absolute Gasteiger partial charge is 0.482 e. The molecule has 0 atom stereocenters. The number of carboxylic acid groups (broad SMARTS) is 1. The van der Waals surface area contributed by atoms with Gasteiger partial charge in [0.2, 0.25) is 0 Å². The van der Waals surface area contributed by atoms with Crippen LogP contribution in [0.1, 0.15) is 28.9 Å². The minimum Gasteiger partial charge on any atom is -0.482 e. The molecule has 5 nitrogen and oxygen atoms in total. The molecule has 0 fully saturated rings. The highest BCUT2D eigenvalue weighted by atomic mass is 16.5. The molecule has 1 heterocycles. The Morgan fingerprint density at radius 2 is 1.96 bits per heavy atom. The Morgan fingerprint density at radius 1 is 1.19 bits per heavy atom. The van der Waals surface area contributed by atoms with Gasteiger partial charge in [-0.25, -0.2) is 4.79 Å². The molecule has 1 aliphatic carbocycles. The monoisotopic (exact) mass is 362 g/mol. The Kier molecular flexibility index (Phi) is 4.28. The molecule has 5 heteroatoms. The van der Waals surface area contributed by atoms with Crippen LogP contribution in [0.5, 0.6) is 5.75 Å². The lowest BCUT2D eigenvalue weighted by molar-refractivity contribution is -0.139. The summed E-state index contributed by atoms with van der Waals surface area (Å²) >= 11 is 0. The van der Waals surface area contributed by atoms with Crippen LogP contribution in [0.3, 0.4) is 0 Å². The molecule has 27 heavy (non-hydrogen) atoms. The van der Waals surface area contributed by atoms with E-state index < -0.39 is 12.6 Å². The van der Waals surface area contributed by atoms with Gasteiger partial charge in [-0.15, -0.1) is 0 Å². The maximum atomic E-state index is 12.8. The van der Waals surface area contributed by atoms with E-state index in [1.54, 1.807) is 18.2 Å². The summed E-state index contributed by atoms with van der Waals surface area (Å²) in [7, 11) is 0. The molecule has 0 aliphatic heterocycles. The van der Waals surface area contributed by atoms with Crippen molar-refractivity contribution >= 4 is 28.6 Å². The first kappa shape index (κ1) is 17.1. The number of aryl methyl sites for hydroxylation is 1. The molecule has 1 N–H and O–H groups in total. The van der Waals surface area contributed by atoms with Gasteiger partial charge in [0.1, 0.15) is 17.1 Å². The zero-order valence-corrected chi connectivity index (χ0v) is 14.8. The van der Waals surface area contributed by atoms with E-state index in [0.717, 1.165) is 17.6 Å². The fourth-order valence-electron chi connectivity index (χ4n) is 3.31. The molecule has 0 unspecified atom stereocenters. The van der Waals surface area contributed by atoms with Crippen molar-refractivity contribution in [2.45, 2.75) is 19.8 Å². The fraction of sp³-hybridized carbons (Fsp3) is 0.182. The third-order valence-corrected chi connectivity index (χ3v) is 4.67. The van der Waals surface area contributed by atoms with Crippen LogP contribution in [0.4, 0.5) is 0 Å². The second-order valence-corrected chi connectivity index (χ2v) is 6.66. The highest BCUT2D eigenvalue weighted by Crippen LogP contribution is 2.34. The van der Waals surface area contributed by atoms with Gasteiger partial charge in [-0.1, -0.05) is 29.8 Å². The van der Waals surface area contributed by atoms with E-state index in [1.807, 2.05) is 37.3 Å². The molecule has 1 aromatic heterocycles. The number of aliphatic carboxylic acids is 1. The lowest BCUT2D eigenvalue weighted by Gasteiger charge is -2.07. The van der Waals surface area contributed by atoms with Gasteiger partial charge >= 0.3 is 5.97 Å². The van der Waals surface area contributed by atoms with Crippen LogP contribution >= 0.6 is 0 Å². The summed E-state index contributed by atoms with van der Waals surface area (Å²) in [5, 5.41) is 9.22. The smallest absolute Gasteiger partial charge is 0.341 e. The number of ether oxygens (including phenoxy) is 1. The van der Waals surface area contributed by atoms with E-state index in [2.05, 4.69) is 0 Å². The number of carbonyl (C=O) groups is 1. The first-order valence-corrected chi connectivity index (χ1v) is 8.73. The predicted octanol–water partition coefficient (Wildman–Crippen LogP) is 4.05. The molecule has 1 aliphatic rings. The SMILES string of the molecule is Cc1ccc(/C=C2\CCc3c2oc2cc(OCC(=O)O)ccc2c3=O)cc1. The molecule has 0 saturated carbocycles. The molecular weight excluding hydrogens is 344 g/mol. The van der Waals surface area contributed by atoms with Gasteiger partial charge in [0.25, 0.3) is 0 Å². The zero-order chi connectivity index (χ0) is 19.0. The first-order chi connectivity index (χ1) is 13.0. The van der Waals surface area contributed by atoms with Crippen molar-refractivity contribution in [1.29, 1.82) is 0 Å². The minimum absolute atomic E-state index is 0.0386. The van der Waals surface area contributed by atoms with Crippen molar-refractivity contribution in [1.82, 2.24) is 0 Å². The highest BCUT2D eigenvalue weighted by molar-refractivity contribution is 5.87. The number of fused-ring (bicyclic) bond motifs is 2. The van der Waals surface area contributed by atoms with Crippen LogP contribution in [-0.2, 0) is 11.2 Å². The zero-order valence-electron chi connectivity index (χ0n) is 14.8. The van der Waals surface area contributed by atoms with Gasteiger partial charge in [-0.2, -0.15) is 0 Å². The quantitative estimate of drug-likeness (QED) is 0.758. The average Bonchev–Trinajstić information content (AvgIpc) is 3.05. The molecule has 3 aromatic rings. The van der Waals surface area contributed by atoms with Crippen molar-refractivity contribution in [3.8, 4) is 5.75 Å². The molecule has 0 spiro atoms. The maximum Gasteiger partial charge on any atom is 0.341 e. The second-order valence-electron chi connectivity index (χ2n) is 6.66. The lowest BCUT2D eigenvalue weighted by atomic mass is 10.1. The molecule has 0 saturated heterocycles. The Balaban J connectivity index is 1.77. The summed E-state index contributed by atoms with van der Waals surface area (Å²) in [6.45, 7) is 1.59. The van der Waals surface area contributed by atoms with Gasteiger partial charge < -0.3 is 14.3 Å². The Hall–Kier alpha value is -3.34. The van der Waals surface area contributed by atoms with Gasteiger partial charge in [0.05, 0.1) is 5.39 Å². The number of rotatable bonds is 4. The number of hydrogen-bond acceptors (Lipinski definition) is 4. The third kappa shape index (κ3) is 3.36. The van der Waals surface area contributed by atoms with Gasteiger partial charge in [-0.3, -0.25) is 4.79 Å². The van der Waals surface area contributed by atoms with Crippen molar-refractivity contribution in [2.75, 3.05) is 6.61 Å². The standard InChI is InChI=1S/C22H18O5/c1-13-2-4-14(5-3-13)10-15-6-8-18-21(25)17-9-7-16(26-12-20(23)24)11-19(17)27-22(15)18/h2-5,7,9-11H,6,8,12H2,1H3,(H,23,24)/b15-10+. The predicted molar refractivity (Wildman–Crippen MR) is 103 cm³/mol. The summed E-state index contributed by atoms with van der Waals surface area (Å²) < 4.78 is 11.2. The van der Waals surface area contributed by atoms with Crippen LogP contribution < -0.4 is 10.2 Å². The molecule has 2 aromatic carbocycles. The topological polar surface area (TPSA) is 76.7 Å². The minimum atomic E-state index is -1.06. The van der Waals surface area contributed by atoms with Crippen LogP contribution in [0.25, 0.3) is 22.6 Å². The summed E-state index contributed by atoms with van der Waals surface area (Å²) in [5.74, 6) is -0.0904. The van der Waals surface area contributed by atoms with E-state index in [1.165, 1.54) is 5.56 Å². The van der Waals surface area contributed by atoms with Crippen molar-refractivity contribution in [3.05, 3.63) is 75.1 Å². The van der Waals surface area contributed by atoms with Gasteiger partial charge in [0.15, 0.2) is 12.0 Å². The molecule has 136 valence electrons. The van der Waals surface area contributed by atoms with Crippen LogP contribution in [0.15, 0.2) is 51.7 Å². The van der Waals surface area contributed by atoms with E-state index in [-0.39, 0.29) is 5.43 Å². The second kappa shape index (κ2) is 6.76. The van der Waals surface area contributed by atoms with E-state index in [9.17, 15) is 9.59 Å². The van der Waals surface area contributed by atoms with Crippen LogP contribution in [-0.4, -0.2) is 17.7 Å². The summed E-state index contributed by atoms with van der Waals surface area (Å²) in [6, 6.07) is 13.0. The Labute approximate surface area is 155 Å². The Bertz CT molecular complexity index is 1120. The molecule has 0 radical (unpaired) electrons. The third-order valence-electron chi connectivity index (χ3n) is 4.67. The highest BCUT2D eigenvalue weighted by Gasteiger charge is 2.24. The first-order valence-electron chi connectivity index (χ1n) is 8.73. The van der Waals surface area contributed by atoms with Gasteiger partial charge in [-0.05, 0) is 49.1 Å². The fourth-order valence-corrected chi connectivity index (χ4v) is 3.31. The number of carboxylic acids is 1. The molecule has 4 rings (SSSR count). The average molecular weight is 362 g/mol. The van der Waals surface area contributed by atoms with Crippen molar-refractivity contribution < 1.29 is 19.1 Å². The molecule has 0 amide bonds. The van der Waals surface area contributed by atoms with Crippen LogP contribution in [0, 0.1) is 6.92 Å². The molecule has 0 bridgehead atoms. The van der Waals surface area contributed by atoms with Gasteiger partial charge in [0, 0.05) is 11.6 Å². The molecular formula is C22H18O5. The number of allylic oxidation sites excluding steroid dienone is 1. The Morgan fingerprint density at radius 3 is 2.70 bits per heavy atom. The van der Waals surface area contributed by atoms with E-state index in [4.69, 9.17) is 14.3 Å². The maximum absolute atomic E-state index is 12.8.